The zero-order chi connectivity index (χ0) is 21.0. The number of aromatic hydroxyl groups is 1. The molecule has 3 N–H and O–H groups in total. The lowest BCUT2D eigenvalue weighted by molar-refractivity contribution is -0.121. The van der Waals surface area contributed by atoms with Crippen molar-refractivity contribution in [3.05, 3.63) is 48.5 Å². The molecule has 0 aromatic heterocycles. The summed E-state index contributed by atoms with van der Waals surface area (Å²) < 4.78 is 27.3. The van der Waals surface area contributed by atoms with Gasteiger partial charge >= 0.3 is 0 Å². The first-order chi connectivity index (χ1) is 13.8. The Kier molecular flexibility index (Phi) is 6.19. The molecule has 1 heterocycles. The summed E-state index contributed by atoms with van der Waals surface area (Å²) in [4.78, 5) is 23.8. The third kappa shape index (κ3) is 5.12. The quantitative estimate of drug-likeness (QED) is 0.646. The molecule has 1 fully saturated rings. The number of sulfonamides is 1. The Morgan fingerprint density at radius 2 is 1.59 bits per heavy atom. The largest absolute Gasteiger partial charge is 0.508 e. The number of benzene rings is 2. The molecule has 0 spiro atoms. The predicted molar refractivity (Wildman–Crippen MR) is 109 cm³/mol. The lowest BCUT2D eigenvalue weighted by Crippen LogP contribution is -2.43. The molecule has 0 bridgehead atoms. The monoisotopic (exact) mass is 417 g/mol. The van der Waals surface area contributed by atoms with Gasteiger partial charge in [0.15, 0.2) is 0 Å². The normalized spacial score (nSPS) is 17.5. The van der Waals surface area contributed by atoms with E-state index in [-0.39, 0.29) is 29.0 Å². The molecule has 154 valence electrons. The van der Waals surface area contributed by atoms with Crippen molar-refractivity contribution < 1.29 is 23.1 Å². The van der Waals surface area contributed by atoms with E-state index in [9.17, 15) is 23.1 Å². The second kappa shape index (κ2) is 8.62. The fourth-order valence-electron chi connectivity index (χ4n) is 3.23. The van der Waals surface area contributed by atoms with Crippen LogP contribution in [0.4, 0.5) is 11.4 Å². The second-order valence-electron chi connectivity index (χ2n) is 6.94. The molecule has 1 aliphatic heterocycles. The van der Waals surface area contributed by atoms with Gasteiger partial charge in [0.05, 0.1) is 10.8 Å². The molecule has 2 aromatic carbocycles. The van der Waals surface area contributed by atoms with Gasteiger partial charge in [0.25, 0.3) is 0 Å². The van der Waals surface area contributed by atoms with Crippen LogP contribution in [0.15, 0.2) is 53.4 Å². The first-order valence-corrected chi connectivity index (χ1v) is 10.7. The van der Waals surface area contributed by atoms with Crippen molar-refractivity contribution in [1.82, 2.24) is 4.31 Å². The number of piperidine rings is 1. The average molecular weight is 417 g/mol. The number of hydrogen-bond donors (Lipinski definition) is 3. The maximum atomic E-state index is 13.0. The highest BCUT2D eigenvalue weighted by molar-refractivity contribution is 7.89. The maximum Gasteiger partial charge on any atom is 0.243 e. The Morgan fingerprint density at radius 3 is 2.21 bits per heavy atom. The van der Waals surface area contributed by atoms with Crippen LogP contribution < -0.4 is 10.6 Å². The van der Waals surface area contributed by atoms with Crippen LogP contribution >= 0.6 is 0 Å². The molecule has 0 saturated carbocycles. The number of amides is 2. The lowest BCUT2D eigenvalue weighted by atomic mass is 9.99. The van der Waals surface area contributed by atoms with E-state index in [4.69, 9.17) is 0 Å². The minimum Gasteiger partial charge on any atom is -0.508 e. The number of hydrogen-bond acceptors (Lipinski definition) is 5. The molecule has 3 rings (SSSR count). The molecular formula is C20H23N3O5S. The van der Waals surface area contributed by atoms with Crippen LogP contribution in [0.25, 0.3) is 0 Å². The Bertz CT molecular complexity index is 988. The summed E-state index contributed by atoms with van der Waals surface area (Å²) in [7, 11) is -3.74. The van der Waals surface area contributed by atoms with Gasteiger partial charge in [-0.15, -0.1) is 0 Å². The number of carbonyl (C=O) groups excluding carboxylic acids is 2. The Labute approximate surface area is 169 Å². The van der Waals surface area contributed by atoms with Crippen LogP contribution in [0.5, 0.6) is 5.75 Å². The average Bonchev–Trinajstić information content (AvgIpc) is 2.70. The van der Waals surface area contributed by atoms with Gasteiger partial charge in [-0.2, -0.15) is 4.31 Å². The molecule has 2 aromatic rings. The molecule has 0 aliphatic carbocycles. The van der Waals surface area contributed by atoms with Crippen molar-refractivity contribution in [3.63, 3.8) is 0 Å². The maximum absolute atomic E-state index is 13.0. The molecule has 1 saturated heterocycles. The summed E-state index contributed by atoms with van der Waals surface area (Å²) in [5.74, 6) is -0.857. The zero-order valence-corrected chi connectivity index (χ0v) is 16.8. The van der Waals surface area contributed by atoms with Crippen molar-refractivity contribution >= 4 is 33.2 Å². The van der Waals surface area contributed by atoms with Gasteiger partial charge < -0.3 is 15.7 Å². The van der Waals surface area contributed by atoms with Gasteiger partial charge in [0, 0.05) is 31.4 Å². The fourth-order valence-corrected chi connectivity index (χ4v) is 4.75. The second-order valence-corrected chi connectivity index (χ2v) is 8.88. The van der Waals surface area contributed by atoms with Crippen LogP contribution in [0, 0.1) is 5.92 Å². The van der Waals surface area contributed by atoms with Gasteiger partial charge in [-0.1, -0.05) is 0 Å². The van der Waals surface area contributed by atoms with Crippen molar-refractivity contribution in [2.45, 2.75) is 24.7 Å². The SMILES string of the molecule is CC(=O)Nc1ccc(S(=O)(=O)N2CCC[C@H](C(=O)Nc3ccc(O)cc3)C2)cc1. The number of nitrogens with zero attached hydrogens (tertiary/aromatic N) is 1. The van der Waals surface area contributed by atoms with E-state index in [0.29, 0.717) is 30.8 Å². The van der Waals surface area contributed by atoms with Crippen LogP contribution in [0.1, 0.15) is 19.8 Å². The van der Waals surface area contributed by atoms with Crippen LogP contribution in [-0.2, 0) is 19.6 Å². The topological polar surface area (TPSA) is 116 Å². The molecule has 29 heavy (non-hydrogen) atoms. The van der Waals surface area contributed by atoms with Crippen molar-refractivity contribution in [2.75, 3.05) is 23.7 Å². The third-order valence-electron chi connectivity index (χ3n) is 4.70. The first kappa shape index (κ1) is 20.8. The predicted octanol–water partition coefficient (Wildman–Crippen LogP) is 2.39. The van der Waals surface area contributed by atoms with E-state index >= 15 is 0 Å². The van der Waals surface area contributed by atoms with Gasteiger partial charge in [-0.05, 0) is 61.4 Å². The summed E-state index contributed by atoms with van der Waals surface area (Å²) in [6, 6.07) is 12.1. The highest BCUT2D eigenvalue weighted by atomic mass is 32.2. The van der Waals surface area contributed by atoms with E-state index in [1.54, 1.807) is 12.1 Å². The summed E-state index contributed by atoms with van der Waals surface area (Å²) in [5, 5.41) is 14.7. The Hall–Kier alpha value is -2.91. The van der Waals surface area contributed by atoms with Crippen molar-refractivity contribution in [2.24, 2.45) is 5.92 Å². The third-order valence-corrected chi connectivity index (χ3v) is 6.58. The first-order valence-electron chi connectivity index (χ1n) is 9.23. The summed E-state index contributed by atoms with van der Waals surface area (Å²) in [6.07, 6.45) is 1.17. The van der Waals surface area contributed by atoms with Gasteiger partial charge in [-0.3, -0.25) is 9.59 Å². The van der Waals surface area contributed by atoms with Crippen LogP contribution in [-0.4, -0.2) is 42.7 Å². The molecule has 1 aliphatic rings. The zero-order valence-electron chi connectivity index (χ0n) is 16.0. The number of rotatable bonds is 5. The molecule has 0 unspecified atom stereocenters. The van der Waals surface area contributed by atoms with Crippen LogP contribution in [0.3, 0.4) is 0 Å². The molecule has 9 heteroatoms. The number of carbonyl (C=O) groups is 2. The highest BCUT2D eigenvalue weighted by Gasteiger charge is 2.33. The van der Waals surface area contributed by atoms with E-state index < -0.39 is 15.9 Å². The fraction of sp³-hybridized carbons (Fsp3) is 0.300. The van der Waals surface area contributed by atoms with Gasteiger partial charge in [0.1, 0.15) is 5.75 Å². The summed E-state index contributed by atoms with van der Waals surface area (Å²) >= 11 is 0. The van der Waals surface area contributed by atoms with E-state index in [1.165, 1.54) is 47.6 Å². The molecule has 8 nitrogen and oxygen atoms in total. The van der Waals surface area contributed by atoms with Gasteiger partial charge in [-0.25, -0.2) is 8.42 Å². The highest BCUT2D eigenvalue weighted by Crippen LogP contribution is 2.26. The van der Waals surface area contributed by atoms with Crippen molar-refractivity contribution in [1.29, 1.82) is 0 Å². The standard InChI is InChI=1S/C20H23N3O5S/c1-14(24)21-16-6-10-19(11-7-16)29(27,28)23-12-2-3-15(13-23)20(26)22-17-4-8-18(25)9-5-17/h4-11,15,25H,2-3,12-13H2,1H3,(H,21,24)(H,22,26)/t15-/m0/s1. The van der Waals surface area contributed by atoms with E-state index in [1.807, 2.05) is 0 Å². The molecule has 1 atom stereocenters. The van der Waals surface area contributed by atoms with Crippen molar-refractivity contribution in [3.8, 4) is 5.75 Å². The van der Waals surface area contributed by atoms with Gasteiger partial charge in [0.2, 0.25) is 21.8 Å². The lowest BCUT2D eigenvalue weighted by Gasteiger charge is -2.31. The van der Waals surface area contributed by atoms with E-state index in [0.717, 1.165) is 0 Å². The summed E-state index contributed by atoms with van der Waals surface area (Å²) in [6.45, 7) is 1.82. The molecular weight excluding hydrogens is 394 g/mol. The molecule has 0 radical (unpaired) electrons. The Balaban J connectivity index is 1.69. The minimum atomic E-state index is -3.74. The molecule has 2 amide bonds. The van der Waals surface area contributed by atoms with Crippen LogP contribution in [0.2, 0.25) is 0 Å². The number of anilines is 2. The smallest absolute Gasteiger partial charge is 0.243 e. The number of phenols is 1. The van der Waals surface area contributed by atoms with E-state index in [2.05, 4.69) is 10.6 Å². The number of phenolic OH excluding ortho intramolecular Hbond substituents is 1. The minimum absolute atomic E-state index is 0.0969. The number of nitrogens with one attached hydrogen (secondary N) is 2. The Morgan fingerprint density at radius 1 is 1.00 bits per heavy atom. The summed E-state index contributed by atoms with van der Waals surface area (Å²) in [5.41, 5.74) is 1.06.